The SMILES string of the molecule is O=C(Cc1cc(Cl)ccc1F)c1cccc(F)c1. The molecule has 0 atom stereocenters. The largest absolute Gasteiger partial charge is 0.294 e. The molecule has 0 aliphatic rings. The number of halogens is 3. The third-order valence-electron chi connectivity index (χ3n) is 2.51. The van der Waals surface area contributed by atoms with Crippen molar-refractivity contribution in [3.05, 3.63) is 70.2 Å². The highest BCUT2D eigenvalue weighted by Crippen LogP contribution is 2.17. The Hall–Kier alpha value is -1.74. The van der Waals surface area contributed by atoms with Gasteiger partial charge in [-0.05, 0) is 35.9 Å². The van der Waals surface area contributed by atoms with Crippen molar-refractivity contribution in [1.82, 2.24) is 0 Å². The van der Waals surface area contributed by atoms with E-state index < -0.39 is 11.6 Å². The van der Waals surface area contributed by atoms with Crippen LogP contribution in [0.2, 0.25) is 5.02 Å². The zero-order chi connectivity index (χ0) is 13.1. The monoisotopic (exact) mass is 266 g/mol. The summed E-state index contributed by atoms with van der Waals surface area (Å²) < 4.78 is 26.4. The van der Waals surface area contributed by atoms with Crippen molar-refractivity contribution in [2.75, 3.05) is 0 Å². The number of carbonyl (C=O) groups excluding carboxylic acids is 1. The van der Waals surface area contributed by atoms with Gasteiger partial charge in [0, 0.05) is 17.0 Å². The predicted molar refractivity (Wildman–Crippen MR) is 65.8 cm³/mol. The molecule has 2 aromatic rings. The number of hydrogen-bond acceptors (Lipinski definition) is 1. The standard InChI is InChI=1S/C14H9ClF2O/c15-11-4-5-13(17)10(6-11)8-14(18)9-2-1-3-12(16)7-9/h1-7H,8H2. The summed E-state index contributed by atoms with van der Waals surface area (Å²) in [6, 6.07) is 9.32. The van der Waals surface area contributed by atoms with Crippen molar-refractivity contribution < 1.29 is 13.6 Å². The van der Waals surface area contributed by atoms with Gasteiger partial charge in [0.05, 0.1) is 0 Å². The predicted octanol–water partition coefficient (Wildman–Crippen LogP) is 4.04. The van der Waals surface area contributed by atoms with E-state index in [1.165, 1.54) is 36.4 Å². The molecule has 0 amide bonds. The van der Waals surface area contributed by atoms with Gasteiger partial charge in [-0.15, -0.1) is 0 Å². The van der Waals surface area contributed by atoms with Crippen LogP contribution >= 0.6 is 11.6 Å². The summed E-state index contributed by atoms with van der Waals surface area (Å²) in [4.78, 5) is 11.9. The second-order valence-corrected chi connectivity index (χ2v) is 4.28. The minimum atomic E-state index is -0.496. The smallest absolute Gasteiger partial charge is 0.167 e. The van der Waals surface area contributed by atoms with E-state index in [2.05, 4.69) is 0 Å². The minimum absolute atomic E-state index is 0.143. The molecule has 2 rings (SSSR count). The van der Waals surface area contributed by atoms with Crippen LogP contribution in [0.15, 0.2) is 42.5 Å². The molecule has 0 bridgehead atoms. The fourth-order valence-corrected chi connectivity index (χ4v) is 1.81. The first-order valence-electron chi connectivity index (χ1n) is 5.29. The van der Waals surface area contributed by atoms with E-state index in [1.54, 1.807) is 0 Å². The number of carbonyl (C=O) groups is 1. The molecular weight excluding hydrogens is 258 g/mol. The number of hydrogen-bond donors (Lipinski definition) is 0. The molecule has 0 saturated carbocycles. The van der Waals surface area contributed by atoms with E-state index in [0.717, 1.165) is 6.07 Å². The average Bonchev–Trinajstić information content (AvgIpc) is 2.34. The Kier molecular flexibility index (Phi) is 3.72. The van der Waals surface area contributed by atoms with Gasteiger partial charge in [0.25, 0.3) is 0 Å². The number of benzene rings is 2. The number of Topliss-reactive ketones (excluding diaryl/α,β-unsaturated/α-hetero) is 1. The van der Waals surface area contributed by atoms with Crippen LogP contribution in [0.1, 0.15) is 15.9 Å². The van der Waals surface area contributed by atoms with Gasteiger partial charge in [-0.25, -0.2) is 8.78 Å². The maximum absolute atomic E-state index is 13.4. The molecule has 0 fully saturated rings. The Morgan fingerprint density at radius 3 is 2.61 bits per heavy atom. The van der Waals surface area contributed by atoms with E-state index in [1.807, 2.05) is 0 Å². The molecule has 0 aliphatic heterocycles. The highest BCUT2D eigenvalue weighted by Gasteiger charge is 2.11. The minimum Gasteiger partial charge on any atom is -0.294 e. The Balaban J connectivity index is 2.24. The zero-order valence-corrected chi connectivity index (χ0v) is 10.0. The van der Waals surface area contributed by atoms with Crippen molar-refractivity contribution in [2.24, 2.45) is 0 Å². The first kappa shape index (κ1) is 12.7. The first-order chi connectivity index (χ1) is 8.56. The van der Waals surface area contributed by atoms with Crippen LogP contribution in [0, 0.1) is 11.6 Å². The molecule has 1 nitrogen and oxygen atoms in total. The lowest BCUT2D eigenvalue weighted by Gasteiger charge is -2.04. The highest BCUT2D eigenvalue weighted by atomic mass is 35.5. The lowest BCUT2D eigenvalue weighted by atomic mass is 10.0. The number of ketones is 1. The van der Waals surface area contributed by atoms with Crippen molar-refractivity contribution in [2.45, 2.75) is 6.42 Å². The van der Waals surface area contributed by atoms with Crippen LogP contribution in [-0.2, 0) is 6.42 Å². The van der Waals surface area contributed by atoms with Crippen LogP contribution in [-0.4, -0.2) is 5.78 Å². The summed E-state index contributed by atoms with van der Waals surface area (Å²) in [6.07, 6.45) is -0.143. The lowest BCUT2D eigenvalue weighted by molar-refractivity contribution is 0.0991. The first-order valence-corrected chi connectivity index (χ1v) is 5.67. The summed E-state index contributed by atoms with van der Waals surface area (Å²) in [7, 11) is 0. The van der Waals surface area contributed by atoms with Crippen molar-refractivity contribution in [3.63, 3.8) is 0 Å². The van der Waals surface area contributed by atoms with Crippen molar-refractivity contribution in [1.29, 1.82) is 0 Å². The summed E-state index contributed by atoms with van der Waals surface area (Å²) in [6.45, 7) is 0. The molecule has 0 aliphatic carbocycles. The Bertz CT molecular complexity index is 596. The summed E-state index contributed by atoms with van der Waals surface area (Å²) in [5.74, 6) is -1.34. The third kappa shape index (κ3) is 2.93. The van der Waals surface area contributed by atoms with Crippen molar-refractivity contribution >= 4 is 17.4 Å². The Morgan fingerprint density at radius 1 is 1.11 bits per heavy atom. The van der Waals surface area contributed by atoms with Gasteiger partial charge in [-0.1, -0.05) is 23.7 Å². The lowest BCUT2D eigenvalue weighted by Crippen LogP contribution is -2.05. The third-order valence-corrected chi connectivity index (χ3v) is 2.74. The van der Waals surface area contributed by atoms with Gasteiger partial charge in [0.15, 0.2) is 5.78 Å². The molecule has 92 valence electrons. The van der Waals surface area contributed by atoms with Gasteiger partial charge < -0.3 is 0 Å². The molecule has 0 radical (unpaired) electrons. The van der Waals surface area contributed by atoms with Crippen LogP contribution in [0.5, 0.6) is 0 Å². The molecule has 2 aromatic carbocycles. The molecule has 0 saturated heterocycles. The summed E-state index contributed by atoms with van der Waals surface area (Å²) in [5.41, 5.74) is 0.422. The van der Waals surface area contributed by atoms with Gasteiger partial charge in [0.2, 0.25) is 0 Å². The van der Waals surface area contributed by atoms with E-state index >= 15 is 0 Å². The van der Waals surface area contributed by atoms with E-state index in [0.29, 0.717) is 5.02 Å². The topological polar surface area (TPSA) is 17.1 Å². The maximum Gasteiger partial charge on any atom is 0.167 e. The van der Waals surface area contributed by atoms with Crippen LogP contribution < -0.4 is 0 Å². The second-order valence-electron chi connectivity index (χ2n) is 3.85. The van der Waals surface area contributed by atoms with Gasteiger partial charge in [0.1, 0.15) is 11.6 Å². The molecular formula is C14H9ClF2O. The molecule has 18 heavy (non-hydrogen) atoms. The molecule has 0 aromatic heterocycles. The van der Waals surface area contributed by atoms with E-state index in [4.69, 9.17) is 11.6 Å². The van der Waals surface area contributed by atoms with Gasteiger partial charge >= 0.3 is 0 Å². The second kappa shape index (κ2) is 5.27. The normalized spacial score (nSPS) is 10.4. The van der Waals surface area contributed by atoms with E-state index in [9.17, 15) is 13.6 Å². The molecule has 0 spiro atoms. The Morgan fingerprint density at radius 2 is 1.89 bits per heavy atom. The van der Waals surface area contributed by atoms with Crippen LogP contribution in [0.3, 0.4) is 0 Å². The average molecular weight is 267 g/mol. The highest BCUT2D eigenvalue weighted by molar-refractivity contribution is 6.30. The van der Waals surface area contributed by atoms with E-state index in [-0.39, 0.29) is 23.3 Å². The van der Waals surface area contributed by atoms with Crippen LogP contribution in [0.25, 0.3) is 0 Å². The van der Waals surface area contributed by atoms with Crippen molar-refractivity contribution in [3.8, 4) is 0 Å². The summed E-state index contributed by atoms with van der Waals surface area (Å²) >= 11 is 5.73. The fourth-order valence-electron chi connectivity index (χ4n) is 1.62. The zero-order valence-electron chi connectivity index (χ0n) is 9.29. The molecule has 4 heteroatoms. The van der Waals surface area contributed by atoms with Gasteiger partial charge in [-0.2, -0.15) is 0 Å². The quantitative estimate of drug-likeness (QED) is 0.766. The molecule has 0 heterocycles. The fraction of sp³-hybridized carbons (Fsp3) is 0.0714. The summed E-state index contributed by atoms with van der Waals surface area (Å²) in [5, 5.41) is 0.360. The molecule has 0 N–H and O–H groups in total. The Labute approximate surface area is 108 Å². The number of rotatable bonds is 3. The van der Waals surface area contributed by atoms with Crippen LogP contribution in [0.4, 0.5) is 8.78 Å². The maximum atomic E-state index is 13.4. The van der Waals surface area contributed by atoms with Gasteiger partial charge in [-0.3, -0.25) is 4.79 Å². The molecule has 0 unspecified atom stereocenters.